The quantitative estimate of drug-likeness (QED) is 0.464. The van der Waals surface area contributed by atoms with Gasteiger partial charge in [0.15, 0.2) is 0 Å². The Morgan fingerprint density at radius 2 is 2.07 bits per heavy atom. The van der Waals surface area contributed by atoms with E-state index in [1.165, 1.54) is 16.3 Å². The number of unbranched alkanes of at least 4 members (excludes halogenated alkanes) is 1. The van der Waals surface area contributed by atoms with Gasteiger partial charge < -0.3 is 4.74 Å². The molecule has 0 fully saturated rings. The monoisotopic (exact) mass is 328 g/mol. The molecule has 0 aliphatic rings. The molecule has 15 heavy (non-hydrogen) atoms. The first-order chi connectivity index (χ1) is 7.24. The van der Waals surface area contributed by atoms with Crippen LogP contribution in [0.1, 0.15) is 19.8 Å². The molecular weight excluding hydrogens is 319 g/mol. The van der Waals surface area contributed by atoms with E-state index in [4.69, 9.17) is 4.74 Å². The molecule has 1 aromatic rings. The van der Waals surface area contributed by atoms with Gasteiger partial charge in [0.25, 0.3) is 0 Å². The van der Waals surface area contributed by atoms with Gasteiger partial charge in [-0.2, -0.15) is 0 Å². The summed E-state index contributed by atoms with van der Waals surface area (Å²) in [5.74, 6) is -1.54. The molecule has 0 saturated carbocycles. The average molecular weight is 330 g/mol. The Bertz CT molecular complexity index is 284. The van der Waals surface area contributed by atoms with Crippen LogP contribution in [0.4, 0.5) is 8.78 Å². The van der Waals surface area contributed by atoms with Gasteiger partial charge in [-0.1, -0.05) is 19.4 Å². The normalized spacial score (nSPS) is 9.20. The van der Waals surface area contributed by atoms with Gasteiger partial charge in [-0.3, -0.25) is 4.39 Å². The molecule has 0 spiro atoms. The van der Waals surface area contributed by atoms with Gasteiger partial charge >= 0.3 is 30.0 Å². The maximum absolute atomic E-state index is 12.6. The third-order valence-electron chi connectivity index (χ3n) is 1.58. The molecular formula is C10H11BrF2OZn. The second-order valence-corrected chi connectivity index (χ2v) is 2.70. The predicted molar refractivity (Wildman–Crippen MR) is 54.5 cm³/mol. The van der Waals surface area contributed by atoms with Crippen molar-refractivity contribution in [3.05, 3.63) is 29.8 Å². The fourth-order valence-corrected chi connectivity index (χ4v) is 0.839. The first-order valence-corrected chi connectivity index (χ1v) is 11.4. The van der Waals surface area contributed by atoms with Crippen LogP contribution in [0.2, 0.25) is 0 Å². The number of halogens is 3. The number of hydrogen-bond donors (Lipinski definition) is 0. The SMILES string of the molecule is CCCCOc1[c-]cc(F)c(F)c1.[Zn+][Br]. The summed E-state index contributed by atoms with van der Waals surface area (Å²) >= 11 is 4.25. The van der Waals surface area contributed by atoms with Crippen molar-refractivity contribution < 1.29 is 29.9 Å². The number of hydrogen-bond acceptors (Lipinski definition) is 1. The van der Waals surface area contributed by atoms with Gasteiger partial charge in [-0.25, -0.2) is 4.39 Å². The van der Waals surface area contributed by atoms with Gasteiger partial charge in [0.1, 0.15) is 0 Å². The summed E-state index contributed by atoms with van der Waals surface area (Å²) in [5, 5.41) is 0. The third-order valence-corrected chi connectivity index (χ3v) is 1.58. The van der Waals surface area contributed by atoms with Crippen LogP contribution in [0.25, 0.3) is 0 Å². The Labute approximate surface area is 105 Å². The Balaban J connectivity index is 0.000000921. The van der Waals surface area contributed by atoms with Crippen LogP contribution in [-0.2, 0) is 16.3 Å². The molecule has 0 aliphatic heterocycles. The van der Waals surface area contributed by atoms with E-state index in [2.05, 4.69) is 19.7 Å². The average Bonchev–Trinajstić information content (AvgIpc) is 2.27. The van der Waals surface area contributed by atoms with Gasteiger partial charge in [0.05, 0.1) is 12.4 Å². The first kappa shape index (κ1) is 15.0. The summed E-state index contributed by atoms with van der Waals surface area (Å²) in [7, 11) is 0. The van der Waals surface area contributed by atoms with Crippen LogP contribution >= 0.6 is 13.6 Å². The molecule has 0 heterocycles. The summed E-state index contributed by atoms with van der Waals surface area (Å²) in [5.41, 5.74) is 0. The first-order valence-electron chi connectivity index (χ1n) is 4.50. The maximum atomic E-state index is 12.6. The number of benzene rings is 1. The van der Waals surface area contributed by atoms with Crippen molar-refractivity contribution in [1.82, 2.24) is 0 Å². The van der Waals surface area contributed by atoms with Crippen LogP contribution in [0.5, 0.6) is 5.75 Å². The Morgan fingerprint density at radius 1 is 1.40 bits per heavy atom. The second kappa shape index (κ2) is 9.23. The predicted octanol–water partition coefficient (Wildman–Crippen LogP) is 3.79. The molecule has 0 bridgehead atoms. The zero-order valence-electron chi connectivity index (χ0n) is 8.53. The van der Waals surface area contributed by atoms with Crippen molar-refractivity contribution in [3.63, 3.8) is 0 Å². The van der Waals surface area contributed by atoms with Gasteiger partial charge in [-0.05, 0) is 6.42 Å². The molecule has 0 radical (unpaired) electrons. The van der Waals surface area contributed by atoms with Crippen molar-refractivity contribution in [2.75, 3.05) is 6.61 Å². The molecule has 80 valence electrons. The van der Waals surface area contributed by atoms with Crippen LogP contribution < -0.4 is 4.74 Å². The molecule has 0 N–H and O–H groups in total. The Morgan fingerprint density at radius 3 is 2.60 bits per heavy atom. The topological polar surface area (TPSA) is 9.23 Å². The van der Waals surface area contributed by atoms with Crippen LogP contribution in [0.3, 0.4) is 0 Å². The second-order valence-electron chi connectivity index (χ2n) is 2.70. The van der Waals surface area contributed by atoms with Gasteiger partial charge in [0, 0.05) is 11.6 Å². The molecule has 1 rings (SSSR count). The van der Waals surface area contributed by atoms with Crippen LogP contribution in [-0.4, -0.2) is 6.61 Å². The molecule has 5 heteroatoms. The van der Waals surface area contributed by atoms with E-state index >= 15 is 0 Å². The summed E-state index contributed by atoms with van der Waals surface area (Å²) in [6.07, 6.45) is 1.90. The van der Waals surface area contributed by atoms with E-state index in [1.807, 2.05) is 6.92 Å². The summed E-state index contributed by atoms with van der Waals surface area (Å²) in [4.78, 5) is 0. The molecule has 0 aliphatic carbocycles. The summed E-state index contributed by atoms with van der Waals surface area (Å²) < 4.78 is 30.2. The fourth-order valence-electron chi connectivity index (χ4n) is 0.839. The minimum absolute atomic E-state index is 0.257. The van der Waals surface area contributed by atoms with E-state index in [9.17, 15) is 8.78 Å². The Kier molecular flexibility index (Phi) is 9.22. The van der Waals surface area contributed by atoms with Gasteiger partial charge in [0.2, 0.25) is 0 Å². The van der Waals surface area contributed by atoms with Crippen LogP contribution in [0, 0.1) is 17.7 Å². The van der Waals surface area contributed by atoms with Crippen molar-refractivity contribution in [3.8, 4) is 5.75 Å². The zero-order chi connectivity index (χ0) is 11.7. The van der Waals surface area contributed by atoms with Gasteiger partial charge in [-0.15, -0.1) is 12.1 Å². The Hall–Kier alpha value is -0.0166. The van der Waals surface area contributed by atoms with Crippen molar-refractivity contribution in [2.45, 2.75) is 19.8 Å². The van der Waals surface area contributed by atoms with Crippen LogP contribution in [0.15, 0.2) is 12.1 Å². The third kappa shape index (κ3) is 6.21. The minimum atomic E-state index is -0.900. The standard InChI is InChI=1S/C10H11F2O.BrH.Zn/c1-2-3-6-13-8-4-5-9(11)10(12)7-8;;/h5,7H,2-3,6H2,1H3;1H;/q-1;;+2/p-1. The van der Waals surface area contributed by atoms with E-state index in [0.717, 1.165) is 25.0 Å². The molecule has 0 atom stereocenters. The molecule has 0 amide bonds. The molecule has 0 aromatic heterocycles. The number of rotatable bonds is 4. The van der Waals surface area contributed by atoms with E-state index in [0.29, 0.717) is 6.61 Å². The molecule has 0 saturated heterocycles. The van der Waals surface area contributed by atoms with Crippen molar-refractivity contribution in [1.29, 1.82) is 0 Å². The summed E-state index contributed by atoms with van der Waals surface area (Å²) in [6.45, 7) is 2.54. The van der Waals surface area contributed by atoms with E-state index < -0.39 is 11.6 Å². The van der Waals surface area contributed by atoms with Crippen molar-refractivity contribution >= 4 is 13.6 Å². The molecule has 0 unspecified atom stereocenters. The summed E-state index contributed by atoms with van der Waals surface area (Å²) in [6, 6.07) is 4.45. The fraction of sp³-hybridized carbons (Fsp3) is 0.400. The number of ether oxygens (including phenoxy) is 1. The zero-order valence-corrected chi connectivity index (χ0v) is 13.1. The van der Waals surface area contributed by atoms with Crippen molar-refractivity contribution in [2.24, 2.45) is 0 Å². The molecule has 1 aromatic carbocycles. The van der Waals surface area contributed by atoms with E-state index in [1.54, 1.807) is 0 Å². The molecule has 1 nitrogen and oxygen atoms in total. The van der Waals surface area contributed by atoms with E-state index in [-0.39, 0.29) is 5.75 Å².